The number of phenolic OH excluding ortho intramolecular Hbond substituents is 4. The van der Waals surface area contributed by atoms with Gasteiger partial charge in [0.05, 0.1) is 18.2 Å². The molecule has 5 atom stereocenters. The van der Waals surface area contributed by atoms with Gasteiger partial charge in [0.2, 0.25) is 12.0 Å². The van der Waals surface area contributed by atoms with Gasteiger partial charge in [-0.3, -0.25) is 0 Å². The average molecular weight is 596 g/mol. The molecule has 0 radical (unpaired) electrons. The van der Waals surface area contributed by atoms with Crippen LogP contribution in [0.15, 0.2) is 71.2 Å². The van der Waals surface area contributed by atoms with E-state index in [4.69, 9.17) is 18.6 Å². The maximum Gasteiger partial charge on any atom is 0.402 e. The van der Waals surface area contributed by atoms with E-state index in [1.807, 2.05) is 0 Å². The fraction of sp³-hybridized carbons (Fsp3) is 0.200. The van der Waals surface area contributed by atoms with E-state index in [0.717, 1.165) is 12.1 Å². The molecule has 13 heteroatoms. The van der Waals surface area contributed by atoms with Crippen molar-refractivity contribution in [2.45, 2.75) is 30.7 Å². The van der Waals surface area contributed by atoms with Crippen LogP contribution in [0.2, 0.25) is 0 Å². The van der Waals surface area contributed by atoms with Crippen molar-refractivity contribution in [3.05, 3.63) is 72.3 Å². The molecule has 5 rings (SSSR count). The quantitative estimate of drug-likeness (QED) is 0.0664. The third-order valence-corrected chi connectivity index (χ3v) is 6.64. The van der Waals surface area contributed by atoms with Crippen LogP contribution in [0.3, 0.4) is 0 Å². The Balaban J connectivity index is 1.54. The molecular formula is C30H27O13+. The topological polar surface area (TPSA) is 218 Å². The Kier molecular flexibility index (Phi) is 8.34. The van der Waals surface area contributed by atoms with E-state index in [0.29, 0.717) is 11.1 Å². The first-order valence-corrected chi connectivity index (χ1v) is 12.9. The van der Waals surface area contributed by atoms with Gasteiger partial charge in [-0.1, -0.05) is 6.07 Å². The van der Waals surface area contributed by atoms with Gasteiger partial charge in [0.15, 0.2) is 11.5 Å². The van der Waals surface area contributed by atoms with E-state index < -0.39 is 43.3 Å². The first kappa shape index (κ1) is 29.6. The van der Waals surface area contributed by atoms with Crippen molar-refractivity contribution >= 4 is 23.0 Å². The molecule has 0 aliphatic carbocycles. The second-order valence-electron chi connectivity index (χ2n) is 9.66. The third kappa shape index (κ3) is 6.30. The van der Waals surface area contributed by atoms with Gasteiger partial charge in [-0.2, -0.15) is 0 Å². The number of benzene rings is 3. The average Bonchev–Trinajstić information content (AvgIpc) is 2.98. The summed E-state index contributed by atoms with van der Waals surface area (Å²) < 4.78 is 22.8. The van der Waals surface area contributed by atoms with Crippen molar-refractivity contribution < 1.29 is 64.3 Å². The summed E-state index contributed by atoms with van der Waals surface area (Å²) in [6.07, 6.45) is -5.52. The van der Waals surface area contributed by atoms with Gasteiger partial charge < -0.3 is 55.1 Å². The van der Waals surface area contributed by atoms with E-state index in [1.165, 1.54) is 60.7 Å². The molecule has 1 saturated heterocycles. The highest BCUT2D eigenvalue weighted by Gasteiger charge is 2.45. The molecule has 0 saturated carbocycles. The van der Waals surface area contributed by atoms with Crippen LogP contribution in [0.5, 0.6) is 34.5 Å². The molecule has 13 nitrogen and oxygen atoms in total. The van der Waals surface area contributed by atoms with Crippen LogP contribution in [0.4, 0.5) is 0 Å². The molecule has 0 spiro atoms. The van der Waals surface area contributed by atoms with Gasteiger partial charge in [0, 0.05) is 18.2 Å². The lowest BCUT2D eigenvalue weighted by Gasteiger charge is -2.39. The Morgan fingerprint density at radius 3 is 2.28 bits per heavy atom. The second-order valence-corrected chi connectivity index (χ2v) is 9.66. The number of fused-ring (bicyclic) bond motifs is 1. The fourth-order valence-electron chi connectivity index (χ4n) is 4.40. The maximum atomic E-state index is 12.8. The van der Waals surface area contributed by atoms with Crippen molar-refractivity contribution in [2.75, 3.05) is 6.61 Å². The summed E-state index contributed by atoms with van der Waals surface area (Å²) in [7, 11) is 0. The fourth-order valence-corrected chi connectivity index (χ4v) is 4.40. The van der Waals surface area contributed by atoms with Crippen LogP contribution in [-0.4, -0.2) is 84.1 Å². The summed E-state index contributed by atoms with van der Waals surface area (Å²) in [5.74, 6) is -2.15. The molecule has 0 amide bonds. The lowest BCUT2D eigenvalue weighted by molar-refractivity contribution is -0.277. The van der Waals surface area contributed by atoms with Crippen LogP contribution < -0.4 is 9.47 Å². The van der Waals surface area contributed by atoms with E-state index in [1.54, 1.807) is 0 Å². The highest BCUT2D eigenvalue weighted by molar-refractivity contribution is 5.93. The second kappa shape index (κ2) is 12.1. The molecule has 4 aromatic rings. The minimum absolute atomic E-state index is 0.0286. The summed E-state index contributed by atoms with van der Waals surface area (Å²) in [6, 6.07) is 13.5. The number of phenols is 4. The number of aromatic hydroxyl groups is 4. The highest BCUT2D eigenvalue weighted by atomic mass is 16.7. The van der Waals surface area contributed by atoms with Crippen molar-refractivity contribution in [1.29, 1.82) is 0 Å². The summed E-state index contributed by atoms with van der Waals surface area (Å²) in [5.41, 5.74) is 0.812. The summed E-state index contributed by atoms with van der Waals surface area (Å²) in [5, 5.41) is 79.6. The van der Waals surface area contributed by atoms with E-state index >= 15 is 0 Å². The van der Waals surface area contributed by atoms with E-state index in [2.05, 4.69) is 0 Å². The van der Waals surface area contributed by atoms with Crippen LogP contribution >= 0.6 is 0 Å². The first-order valence-electron chi connectivity index (χ1n) is 12.9. The molecule has 2 heterocycles. The standard InChI is InChI=1S/C30H26O13/c31-13-24-26(37)27(38)28(39)30(43-24)42-22-11-17(33)10-21-18(22)12-23(29(41-21)15-3-5-16(32)6-4-15)40-25(36)8-2-14-1-7-19(34)20(35)9-14/h1-12,24,26-28,30-31,37-39H,13H2,(H3-,32,33,34,35,36)/p+1/t24-,26-,27+,28-,30-/m1/s1. The number of carbonyl (C=O) groups excluding carboxylic acids is 1. The number of esters is 1. The maximum absolute atomic E-state index is 12.8. The Hall–Kier alpha value is -4.92. The van der Waals surface area contributed by atoms with Gasteiger partial charge >= 0.3 is 17.3 Å². The number of rotatable bonds is 7. The molecule has 3 aromatic carbocycles. The van der Waals surface area contributed by atoms with Gasteiger partial charge in [0.25, 0.3) is 0 Å². The number of carbonyl (C=O) groups is 1. The molecule has 1 aliphatic heterocycles. The molecule has 8 N–H and O–H groups in total. The Bertz CT molecular complexity index is 1670. The minimum Gasteiger partial charge on any atom is -0.508 e. The predicted octanol–water partition coefficient (Wildman–Crippen LogP) is 2.00. The molecule has 1 aliphatic rings. The van der Waals surface area contributed by atoms with Crippen molar-refractivity contribution in [3.63, 3.8) is 0 Å². The molecule has 43 heavy (non-hydrogen) atoms. The van der Waals surface area contributed by atoms with Gasteiger partial charge in [-0.05, 0) is 48.0 Å². The molecule has 0 bridgehead atoms. The number of hydrogen-bond acceptors (Lipinski definition) is 12. The molecule has 0 unspecified atom stereocenters. The van der Waals surface area contributed by atoms with Crippen molar-refractivity contribution in [2.24, 2.45) is 0 Å². The summed E-state index contributed by atoms with van der Waals surface area (Å²) in [4.78, 5) is 12.8. The van der Waals surface area contributed by atoms with Gasteiger partial charge in [-0.15, -0.1) is 0 Å². The molecular weight excluding hydrogens is 568 g/mol. The molecule has 1 aromatic heterocycles. The van der Waals surface area contributed by atoms with Crippen LogP contribution in [0.1, 0.15) is 5.56 Å². The number of ether oxygens (including phenoxy) is 3. The Morgan fingerprint density at radius 2 is 1.58 bits per heavy atom. The number of aliphatic hydroxyl groups excluding tert-OH is 4. The number of aliphatic hydroxyl groups is 4. The minimum atomic E-state index is -1.75. The lowest BCUT2D eigenvalue weighted by Crippen LogP contribution is -2.60. The zero-order valence-electron chi connectivity index (χ0n) is 22.1. The largest absolute Gasteiger partial charge is 0.508 e. The van der Waals surface area contributed by atoms with Crippen LogP contribution in [0.25, 0.3) is 28.4 Å². The highest BCUT2D eigenvalue weighted by Crippen LogP contribution is 2.41. The first-order chi connectivity index (χ1) is 20.5. The van der Waals surface area contributed by atoms with E-state index in [9.17, 15) is 45.6 Å². The third-order valence-electron chi connectivity index (χ3n) is 6.64. The van der Waals surface area contributed by atoms with Crippen molar-refractivity contribution in [1.82, 2.24) is 0 Å². The lowest BCUT2D eigenvalue weighted by atomic mass is 9.99. The predicted molar refractivity (Wildman–Crippen MR) is 148 cm³/mol. The molecule has 1 fully saturated rings. The SMILES string of the molecule is O=C(C=Cc1ccc(O)c(O)c1)Oc1cc2c(O[C@@H]3O[C@H](CO)[C@@H](O)[C@H](O)[C@H]3O)cc(O)cc2[o+]c1-c1ccc(O)cc1. The smallest absolute Gasteiger partial charge is 0.402 e. The van der Waals surface area contributed by atoms with Crippen LogP contribution in [0, 0.1) is 0 Å². The number of hydrogen-bond donors (Lipinski definition) is 8. The van der Waals surface area contributed by atoms with Gasteiger partial charge in [0.1, 0.15) is 47.1 Å². The normalized spacial score (nSPS) is 22.1. The summed E-state index contributed by atoms with van der Waals surface area (Å²) >= 11 is 0. The Labute approximate surface area is 242 Å². The Morgan fingerprint density at radius 1 is 0.837 bits per heavy atom. The zero-order chi connectivity index (χ0) is 30.8. The zero-order valence-corrected chi connectivity index (χ0v) is 22.1. The monoisotopic (exact) mass is 595 g/mol. The van der Waals surface area contributed by atoms with E-state index in [-0.39, 0.29) is 51.2 Å². The van der Waals surface area contributed by atoms with Crippen molar-refractivity contribution in [3.8, 4) is 45.8 Å². The van der Waals surface area contributed by atoms with Crippen LogP contribution in [-0.2, 0) is 9.53 Å². The molecule has 224 valence electrons. The van der Waals surface area contributed by atoms with Gasteiger partial charge in [-0.25, -0.2) is 9.21 Å². The summed E-state index contributed by atoms with van der Waals surface area (Å²) in [6.45, 7) is -0.686.